The van der Waals surface area contributed by atoms with Gasteiger partial charge >= 0.3 is 0 Å². The van der Waals surface area contributed by atoms with E-state index in [1.807, 2.05) is 70.2 Å². The molecule has 1 unspecified atom stereocenters. The number of anilines is 2. The van der Waals surface area contributed by atoms with E-state index < -0.39 is 15.9 Å². The summed E-state index contributed by atoms with van der Waals surface area (Å²) in [4.78, 5) is 8.96. The number of aliphatic hydroxyl groups is 1. The predicted octanol–water partition coefficient (Wildman–Crippen LogP) is 4.37. The lowest BCUT2D eigenvalue weighted by molar-refractivity contribution is 0.152. The Kier molecular flexibility index (Phi) is 8.38. The van der Waals surface area contributed by atoms with E-state index in [1.165, 1.54) is 24.7 Å². The molecule has 3 aromatic heterocycles. The lowest BCUT2D eigenvalue weighted by atomic mass is 10.1. The lowest BCUT2D eigenvalue weighted by Gasteiger charge is -2.12. The highest BCUT2D eigenvalue weighted by Crippen LogP contribution is 2.30. The van der Waals surface area contributed by atoms with Crippen molar-refractivity contribution in [3.8, 4) is 11.1 Å². The number of rotatable bonds is 12. The third kappa shape index (κ3) is 7.10. The molecule has 0 bridgehead atoms. The van der Waals surface area contributed by atoms with Crippen molar-refractivity contribution < 1.29 is 17.9 Å². The van der Waals surface area contributed by atoms with Crippen LogP contribution in [0, 0.1) is 5.82 Å². The number of nitrogens with zero attached hydrogens (tertiary/aromatic N) is 5. The zero-order chi connectivity index (χ0) is 30.7. The smallest absolute Gasteiger partial charge is 0.148 e. The Hall–Kier alpha value is -4.65. The molecule has 226 valence electrons. The van der Waals surface area contributed by atoms with Gasteiger partial charge in [-0.05, 0) is 65.2 Å². The summed E-state index contributed by atoms with van der Waals surface area (Å²) in [6.45, 7) is 1.44. The van der Waals surface area contributed by atoms with Crippen LogP contribution in [0.5, 0.6) is 0 Å². The minimum Gasteiger partial charge on any atom is -0.390 e. The molecular weight excluding hydrogens is 581 g/mol. The van der Waals surface area contributed by atoms with Crippen LogP contribution in [0.25, 0.3) is 32.9 Å². The van der Waals surface area contributed by atoms with Crippen LogP contribution in [-0.4, -0.2) is 69.0 Å². The maximum absolute atomic E-state index is 13.6. The van der Waals surface area contributed by atoms with E-state index >= 15 is 0 Å². The van der Waals surface area contributed by atoms with Gasteiger partial charge in [0.05, 0.1) is 35.6 Å². The zero-order valence-corrected chi connectivity index (χ0v) is 24.9. The molecule has 0 saturated carbocycles. The number of hydrogen-bond donors (Lipinski definition) is 3. The number of halogens is 1. The Morgan fingerprint density at radius 1 is 1.02 bits per heavy atom. The second-order valence-corrected chi connectivity index (χ2v) is 13.1. The molecule has 0 aliphatic heterocycles. The first-order valence-corrected chi connectivity index (χ1v) is 16.2. The molecule has 6 aromatic rings. The Bertz CT molecular complexity index is 2040. The summed E-state index contributed by atoms with van der Waals surface area (Å²) in [5.41, 5.74) is 5.37. The first-order valence-electron chi connectivity index (χ1n) is 14.1. The van der Waals surface area contributed by atoms with Gasteiger partial charge in [0.1, 0.15) is 27.8 Å². The van der Waals surface area contributed by atoms with Crippen molar-refractivity contribution in [1.82, 2.24) is 29.6 Å². The SMILES string of the molecule is CS(=O)(=O)CCNCC(O)Cn1ccc(-c2ccc3ncnc(Nc4ccc5c(cnn5Cc5cccc(F)c5)c4)c3c2)c1. The maximum Gasteiger partial charge on any atom is 0.148 e. The minimum absolute atomic E-state index is 0.0350. The zero-order valence-electron chi connectivity index (χ0n) is 24.1. The predicted molar refractivity (Wildman–Crippen MR) is 170 cm³/mol. The van der Waals surface area contributed by atoms with Crippen molar-refractivity contribution in [3.63, 3.8) is 0 Å². The average Bonchev–Trinajstić information content (AvgIpc) is 3.62. The van der Waals surface area contributed by atoms with Crippen LogP contribution in [0.1, 0.15) is 5.56 Å². The molecule has 1 atom stereocenters. The summed E-state index contributed by atoms with van der Waals surface area (Å²) in [6, 6.07) is 20.4. The van der Waals surface area contributed by atoms with Crippen molar-refractivity contribution >= 4 is 43.1 Å². The van der Waals surface area contributed by atoms with Crippen LogP contribution >= 0.6 is 0 Å². The second-order valence-electron chi connectivity index (χ2n) is 10.9. The number of aromatic nitrogens is 5. The number of fused-ring (bicyclic) bond motifs is 2. The molecule has 3 heterocycles. The Balaban J connectivity index is 1.16. The number of benzene rings is 3. The highest BCUT2D eigenvalue weighted by molar-refractivity contribution is 7.90. The topological polar surface area (TPSA) is 127 Å². The second kappa shape index (κ2) is 12.5. The van der Waals surface area contributed by atoms with Crippen molar-refractivity contribution in [2.75, 3.05) is 30.4 Å². The van der Waals surface area contributed by atoms with Crippen LogP contribution in [0.2, 0.25) is 0 Å². The molecule has 0 fully saturated rings. The quantitative estimate of drug-likeness (QED) is 0.174. The molecule has 3 aromatic carbocycles. The van der Waals surface area contributed by atoms with Gasteiger partial charge in [0.2, 0.25) is 0 Å². The van der Waals surface area contributed by atoms with Gasteiger partial charge in [0.25, 0.3) is 0 Å². The molecule has 0 aliphatic rings. The summed E-state index contributed by atoms with van der Waals surface area (Å²) in [5.74, 6) is 0.432. The van der Waals surface area contributed by atoms with Crippen molar-refractivity contribution in [2.45, 2.75) is 19.2 Å². The van der Waals surface area contributed by atoms with E-state index in [4.69, 9.17) is 0 Å². The Morgan fingerprint density at radius 3 is 2.75 bits per heavy atom. The fraction of sp³-hybridized carbons (Fsp3) is 0.219. The number of hydrogen-bond acceptors (Lipinski definition) is 8. The van der Waals surface area contributed by atoms with Crippen LogP contribution < -0.4 is 10.6 Å². The van der Waals surface area contributed by atoms with Gasteiger partial charge in [-0.3, -0.25) is 4.68 Å². The summed E-state index contributed by atoms with van der Waals surface area (Å²) in [7, 11) is -3.04. The minimum atomic E-state index is -3.04. The van der Waals surface area contributed by atoms with Gasteiger partial charge in [-0.1, -0.05) is 18.2 Å². The monoisotopic (exact) mass is 613 g/mol. The van der Waals surface area contributed by atoms with Crippen molar-refractivity contribution in [3.05, 3.63) is 103 Å². The van der Waals surface area contributed by atoms with E-state index in [-0.39, 0.29) is 11.6 Å². The fourth-order valence-corrected chi connectivity index (χ4v) is 5.65. The van der Waals surface area contributed by atoms with Crippen molar-refractivity contribution in [1.29, 1.82) is 0 Å². The highest BCUT2D eigenvalue weighted by Gasteiger charge is 2.12. The lowest BCUT2D eigenvalue weighted by Crippen LogP contribution is -2.32. The van der Waals surface area contributed by atoms with E-state index in [1.54, 1.807) is 12.3 Å². The fourth-order valence-electron chi connectivity index (χ4n) is 5.13. The van der Waals surface area contributed by atoms with Gasteiger partial charge in [-0.15, -0.1) is 0 Å². The van der Waals surface area contributed by atoms with Gasteiger partial charge in [0.15, 0.2) is 0 Å². The molecule has 44 heavy (non-hydrogen) atoms. The van der Waals surface area contributed by atoms with E-state index in [9.17, 15) is 17.9 Å². The molecule has 0 amide bonds. The first-order chi connectivity index (χ1) is 21.2. The molecule has 10 nitrogen and oxygen atoms in total. The third-order valence-electron chi connectivity index (χ3n) is 7.30. The Morgan fingerprint density at radius 2 is 1.91 bits per heavy atom. The molecule has 0 aliphatic carbocycles. The van der Waals surface area contributed by atoms with Gasteiger partial charge in [-0.2, -0.15) is 5.10 Å². The number of sulfone groups is 1. The number of nitrogens with one attached hydrogen (secondary N) is 2. The van der Waals surface area contributed by atoms with E-state index in [2.05, 4.69) is 25.7 Å². The first kappa shape index (κ1) is 29.4. The van der Waals surface area contributed by atoms with Crippen LogP contribution in [0.3, 0.4) is 0 Å². The number of aliphatic hydroxyl groups excluding tert-OH is 1. The molecule has 3 N–H and O–H groups in total. The summed E-state index contributed by atoms with van der Waals surface area (Å²) in [5, 5.41) is 23.1. The molecule has 0 spiro atoms. The standard InChI is InChI=1S/C32H32FN7O3S/c1-44(42,43)12-10-34-17-28(41)20-39-11-9-24(19-39)23-5-7-30-29(15-23)32(36-21-35-30)38-27-6-8-31-25(14-27)16-37-40(31)18-22-3-2-4-26(33)13-22/h2-9,11,13-16,19,21,28,34,41H,10,12,17-18,20H2,1H3,(H,35,36,38). The van der Waals surface area contributed by atoms with Gasteiger partial charge in [-0.25, -0.2) is 22.8 Å². The molecule has 0 radical (unpaired) electrons. The molecule has 0 saturated heterocycles. The third-order valence-corrected chi connectivity index (χ3v) is 8.24. The molecule has 12 heteroatoms. The van der Waals surface area contributed by atoms with Crippen LogP contribution in [0.4, 0.5) is 15.9 Å². The highest BCUT2D eigenvalue weighted by atomic mass is 32.2. The van der Waals surface area contributed by atoms with Gasteiger partial charge < -0.3 is 20.3 Å². The van der Waals surface area contributed by atoms with Crippen molar-refractivity contribution in [2.24, 2.45) is 0 Å². The maximum atomic E-state index is 13.6. The Labute approximate surface area is 254 Å². The van der Waals surface area contributed by atoms with E-state index in [0.29, 0.717) is 32.0 Å². The largest absolute Gasteiger partial charge is 0.390 e. The van der Waals surface area contributed by atoms with Crippen LogP contribution in [0.15, 0.2) is 91.6 Å². The molecule has 6 rings (SSSR count). The van der Waals surface area contributed by atoms with E-state index in [0.717, 1.165) is 44.2 Å². The molecular formula is C32H32FN7O3S. The van der Waals surface area contributed by atoms with Gasteiger partial charge in [0, 0.05) is 54.7 Å². The average molecular weight is 614 g/mol. The normalized spacial score (nSPS) is 12.6. The van der Waals surface area contributed by atoms with Crippen LogP contribution in [-0.2, 0) is 22.9 Å². The summed E-state index contributed by atoms with van der Waals surface area (Å²) < 4.78 is 40.0. The summed E-state index contributed by atoms with van der Waals surface area (Å²) >= 11 is 0. The summed E-state index contributed by atoms with van der Waals surface area (Å²) in [6.07, 6.45) is 7.72.